The van der Waals surface area contributed by atoms with Crippen molar-refractivity contribution in [2.75, 3.05) is 18.1 Å². The molecule has 102 valence electrons. The van der Waals surface area contributed by atoms with E-state index in [4.69, 9.17) is 0 Å². The van der Waals surface area contributed by atoms with Crippen LogP contribution >= 0.6 is 0 Å². The van der Waals surface area contributed by atoms with Crippen LogP contribution in [0.1, 0.15) is 37.1 Å². The summed E-state index contributed by atoms with van der Waals surface area (Å²) in [6.45, 7) is 2.21. The maximum Gasteiger partial charge on any atom is 0.151 e. The molecule has 1 aromatic rings. The van der Waals surface area contributed by atoms with Crippen LogP contribution in [0.15, 0.2) is 6.20 Å². The molecule has 0 bridgehead atoms. The predicted molar refractivity (Wildman–Crippen MR) is 71.2 cm³/mol. The summed E-state index contributed by atoms with van der Waals surface area (Å²) < 4.78 is 24.8. The van der Waals surface area contributed by atoms with Crippen LogP contribution in [-0.4, -0.2) is 36.2 Å². The largest absolute Gasteiger partial charge is 0.309 e. The number of rotatable bonds is 5. The highest BCUT2D eigenvalue weighted by Gasteiger charge is 2.23. The average Bonchev–Trinajstić information content (AvgIpc) is 2.72. The predicted octanol–water partition coefficient (Wildman–Crippen LogP) is 0.822. The molecular formula is C12H21N3O2S. The first-order valence-electron chi connectivity index (χ1n) is 6.48. The van der Waals surface area contributed by atoms with Gasteiger partial charge in [0.25, 0.3) is 0 Å². The van der Waals surface area contributed by atoms with Crippen molar-refractivity contribution in [3.63, 3.8) is 0 Å². The standard InChI is InChI=1S/C12H21N3O2S/c1-3-18(16,17)8-7-13-11-5-4-6-12-10(11)9-14-15(12)2/h9,11,13H,3-8H2,1-2H3. The zero-order valence-electron chi connectivity index (χ0n) is 11.0. The van der Waals surface area contributed by atoms with Gasteiger partial charge in [-0.15, -0.1) is 0 Å². The van der Waals surface area contributed by atoms with Crippen molar-refractivity contribution in [1.29, 1.82) is 0 Å². The molecule has 0 spiro atoms. The second-order valence-corrected chi connectivity index (χ2v) is 7.28. The number of sulfone groups is 1. The molecule has 18 heavy (non-hydrogen) atoms. The van der Waals surface area contributed by atoms with Crippen LogP contribution in [0.4, 0.5) is 0 Å². The lowest BCUT2D eigenvalue weighted by molar-refractivity contribution is 0.462. The first-order chi connectivity index (χ1) is 8.53. The normalized spacial score (nSPS) is 19.8. The van der Waals surface area contributed by atoms with Crippen molar-refractivity contribution in [3.8, 4) is 0 Å². The van der Waals surface area contributed by atoms with Crippen LogP contribution in [-0.2, 0) is 23.3 Å². The van der Waals surface area contributed by atoms with E-state index in [1.165, 1.54) is 11.3 Å². The van der Waals surface area contributed by atoms with Crippen molar-refractivity contribution in [3.05, 3.63) is 17.5 Å². The fraction of sp³-hybridized carbons (Fsp3) is 0.750. The first-order valence-corrected chi connectivity index (χ1v) is 8.30. The number of hydrogen-bond acceptors (Lipinski definition) is 4. The Morgan fingerprint density at radius 1 is 1.56 bits per heavy atom. The van der Waals surface area contributed by atoms with Crippen LogP contribution < -0.4 is 5.32 Å². The third-order valence-electron chi connectivity index (χ3n) is 3.62. The number of fused-ring (bicyclic) bond motifs is 1. The molecule has 1 aliphatic rings. The van der Waals surface area contributed by atoms with Crippen LogP contribution in [0.3, 0.4) is 0 Å². The molecule has 6 heteroatoms. The molecule has 0 amide bonds. The fourth-order valence-corrected chi connectivity index (χ4v) is 3.17. The molecule has 5 nitrogen and oxygen atoms in total. The summed E-state index contributed by atoms with van der Waals surface area (Å²) in [5, 5.41) is 7.63. The molecule has 0 radical (unpaired) electrons. The summed E-state index contributed by atoms with van der Waals surface area (Å²) in [4.78, 5) is 0. The van der Waals surface area contributed by atoms with Gasteiger partial charge in [0.2, 0.25) is 0 Å². The third-order valence-corrected chi connectivity index (χ3v) is 5.33. The molecule has 0 saturated heterocycles. The molecule has 1 heterocycles. The van der Waals surface area contributed by atoms with Gasteiger partial charge in [-0.3, -0.25) is 4.68 Å². The lowest BCUT2D eigenvalue weighted by Crippen LogP contribution is -2.30. The Hall–Kier alpha value is -0.880. The number of aromatic nitrogens is 2. The molecule has 1 atom stereocenters. The van der Waals surface area contributed by atoms with Crippen LogP contribution in [0.2, 0.25) is 0 Å². The highest BCUT2D eigenvalue weighted by Crippen LogP contribution is 2.28. The van der Waals surface area contributed by atoms with Crippen LogP contribution in [0.25, 0.3) is 0 Å². The van der Waals surface area contributed by atoms with Gasteiger partial charge in [0.15, 0.2) is 9.84 Å². The Balaban J connectivity index is 1.96. The number of hydrogen-bond donors (Lipinski definition) is 1. The van der Waals surface area contributed by atoms with E-state index in [1.54, 1.807) is 6.92 Å². The van der Waals surface area contributed by atoms with Crippen molar-refractivity contribution in [1.82, 2.24) is 15.1 Å². The van der Waals surface area contributed by atoms with Gasteiger partial charge >= 0.3 is 0 Å². The molecule has 1 unspecified atom stereocenters. The zero-order valence-corrected chi connectivity index (χ0v) is 11.8. The molecular weight excluding hydrogens is 250 g/mol. The Labute approximate surface area is 108 Å². The van der Waals surface area contributed by atoms with Gasteiger partial charge < -0.3 is 5.32 Å². The molecule has 1 N–H and O–H groups in total. The van der Waals surface area contributed by atoms with E-state index in [0.29, 0.717) is 6.54 Å². The summed E-state index contributed by atoms with van der Waals surface area (Å²) in [5.74, 6) is 0.438. The Morgan fingerprint density at radius 3 is 3.06 bits per heavy atom. The highest BCUT2D eigenvalue weighted by molar-refractivity contribution is 7.91. The maximum atomic E-state index is 11.4. The SMILES string of the molecule is CCS(=O)(=O)CCNC1CCCc2c1cnn2C. The van der Waals surface area contributed by atoms with E-state index in [9.17, 15) is 8.42 Å². The summed E-state index contributed by atoms with van der Waals surface area (Å²) in [7, 11) is -0.915. The van der Waals surface area contributed by atoms with Crippen LogP contribution in [0.5, 0.6) is 0 Å². The summed E-state index contributed by atoms with van der Waals surface area (Å²) in [6, 6.07) is 0.259. The molecule has 0 fully saturated rings. The van der Waals surface area contributed by atoms with Gasteiger partial charge in [0.05, 0.1) is 11.9 Å². The molecule has 0 aromatic carbocycles. The molecule has 0 aliphatic heterocycles. The van der Waals surface area contributed by atoms with Crippen LogP contribution in [0, 0.1) is 0 Å². The van der Waals surface area contributed by atoms with E-state index in [1.807, 2.05) is 17.9 Å². The monoisotopic (exact) mass is 271 g/mol. The first kappa shape index (κ1) is 13.5. The Bertz CT molecular complexity index is 507. The van der Waals surface area contributed by atoms with Gasteiger partial charge in [-0.1, -0.05) is 6.92 Å². The number of aryl methyl sites for hydroxylation is 1. The summed E-state index contributed by atoms with van der Waals surface area (Å²) in [6.07, 6.45) is 5.16. The van der Waals surface area contributed by atoms with Gasteiger partial charge in [-0.25, -0.2) is 8.42 Å². The number of nitrogens with one attached hydrogen (secondary N) is 1. The lowest BCUT2D eigenvalue weighted by Gasteiger charge is -2.23. The van der Waals surface area contributed by atoms with E-state index in [-0.39, 0.29) is 17.5 Å². The van der Waals surface area contributed by atoms with Gasteiger partial charge in [-0.05, 0) is 19.3 Å². The maximum absolute atomic E-state index is 11.4. The van der Waals surface area contributed by atoms with Gasteiger partial charge in [0, 0.05) is 36.6 Å². The number of nitrogens with zero attached hydrogens (tertiary/aromatic N) is 2. The molecule has 2 rings (SSSR count). The lowest BCUT2D eigenvalue weighted by atomic mass is 9.93. The topological polar surface area (TPSA) is 64.0 Å². The Morgan fingerprint density at radius 2 is 2.33 bits per heavy atom. The minimum absolute atomic E-state index is 0.218. The second kappa shape index (κ2) is 5.40. The van der Waals surface area contributed by atoms with Crippen molar-refractivity contribution in [2.45, 2.75) is 32.2 Å². The summed E-state index contributed by atoms with van der Waals surface area (Å²) >= 11 is 0. The highest BCUT2D eigenvalue weighted by atomic mass is 32.2. The van der Waals surface area contributed by atoms with Crippen molar-refractivity contribution < 1.29 is 8.42 Å². The molecule has 1 aromatic heterocycles. The van der Waals surface area contributed by atoms with E-state index in [2.05, 4.69) is 10.4 Å². The van der Waals surface area contributed by atoms with E-state index in [0.717, 1.165) is 19.3 Å². The van der Waals surface area contributed by atoms with E-state index < -0.39 is 9.84 Å². The van der Waals surface area contributed by atoms with Gasteiger partial charge in [-0.2, -0.15) is 5.10 Å². The Kier molecular flexibility index (Phi) is 4.07. The molecule has 0 saturated carbocycles. The van der Waals surface area contributed by atoms with Gasteiger partial charge in [0.1, 0.15) is 0 Å². The quantitative estimate of drug-likeness (QED) is 0.861. The molecule has 1 aliphatic carbocycles. The third kappa shape index (κ3) is 2.92. The second-order valence-electron chi connectivity index (χ2n) is 4.81. The van der Waals surface area contributed by atoms with Crippen molar-refractivity contribution in [2.24, 2.45) is 7.05 Å². The van der Waals surface area contributed by atoms with E-state index >= 15 is 0 Å². The fourth-order valence-electron chi connectivity index (χ4n) is 2.45. The smallest absolute Gasteiger partial charge is 0.151 e. The zero-order chi connectivity index (χ0) is 13.2. The van der Waals surface area contributed by atoms with Crippen molar-refractivity contribution >= 4 is 9.84 Å². The summed E-state index contributed by atoms with van der Waals surface area (Å²) in [5.41, 5.74) is 2.51. The minimum Gasteiger partial charge on any atom is -0.309 e. The average molecular weight is 271 g/mol. The minimum atomic E-state index is -2.88.